The minimum Gasteiger partial charge on any atom is -0.0711 e. The lowest BCUT2D eigenvalue weighted by molar-refractivity contribution is 0.725. The van der Waals surface area contributed by atoms with E-state index in [-0.39, 0.29) is 0 Å². The van der Waals surface area contributed by atoms with E-state index >= 15 is 0 Å². The smallest absolute Gasteiger partial charge is 0.0446 e. The van der Waals surface area contributed by atoms with Gasteiger partial charge in [-0.25, -0.2) is 0 Å². The van der Waals surface area contributed by atoms with Crippen molar-refractivity contribution in [1.82, 2.24) is 0 Å². The molecule has 0 unspecified atom stereocenters. The lowest BCUT2D eigenvalue weighted by Crippen LogP contribution is -2.09. The van der Waals surface area contributed by atoms with Gasteiger partial charge in [0.2, 0.25) is 0 Å². The molecule has 1 aliphatic heterocycles. The summed E-state index contributed by atoms with van der Waals surface area (Å²) in [7, 11) is -0.964. The molecular weight excluding hydrogens is 100 g/mol. The molecule has 0 saturated carbocycles. The SMILES string of the molecule is [2H]C([2H])([2H])[Si]1CCCCC1. The normalized spacial score (nSPS) is 33.4. The first-order valence-electron chi connectivity index (χ1n) is 4.46. The zero-order valence-electron chi connectivity index (χ0n) is 7.54. The zero-order chi connectivity index (χ0) is 7.61. The summed E-state index contributed by atoms with van der Waals surface area (Å²) < 4.78 is 21.6. The molecule has 1 saturated heterocycles. The Balaban J connectivity index is 2.39. The molecule has 1 aliphatic rings. The third kappa shape index (κ3) is 1.64. The predicted molar refractivity (Wildman–Crippen MR) is 35.1 cm³/mol. The van der Waals surface area contributed by atoms with Gasteiger partial charge in [0.25, 0.3) is 0 Å². The molecule has 1 radical (unpaired) electrons. The van der Waals surface area contributed by atoms with E-state index in [0.717, 1.165) is 24.9 Å². The van der Waals surface area contributed by atoms with Gasteiger partial charge >= 0.3 is 0 Å². The van der Waals surface area contributed by atoms with E-state index in [4.69, 9.17) is 4.11 Å². The third-order valence-electron chi connectivity index (χ3n) is 1.46. The summed E-state index contributed by atoms with van der Waals surface area (Å²) in [4.78, 5) is 0. The van der Waals surface area contributed by atoms with Gasteiger partial charge in [0.1, 0.15) is 0 Å². The molecule has 41 valence electrons. The fraction of sp³-hybridized carbons (Fsp3) is 1.00. The second kappa shape index (κ2) is 2.51. The highest BCUT2D eigenvalue weighted by atomic mass is 28.3. The van der Waals surface area contributed by atoms with Crippen LogP contribution in [0.3, 0.4) is 0 Å². The Bertz CT molecular complexity index is 104. The highest BCUT2D eigenvalue weighted by molar-refractivity contribution is 6.57. The lowest BCUT2D eigenvalue weighted by Gasteiger charge is -2.13. The van der Waals surface area contributed by atoms with Crippen molar-refractivity contribution in [2.24, 2.45) is 0 Å². The fourth-order valence-corrected chi connectivity index (χ4v) is 2.58. The van der Waals surface area contributed by atoms with E-state index in [0.29, 0.717) is 0 Å². The maximum Gasteiger partial charge on any atom is 0.0446 e. The van der Waals surface area contributed by atoms with E-state index in [1.165, 1.54) is 6.42 Å². The Morgan fingerprint density at radius 2 is 2.00 bits per heavy atom. The van der Waals surface area contributed by atoms with E-state index in [1.807, 2.05) is 0 Å². The monoisotopic (exact) mass is 116 g/mol. The summed E-state index contributed by atoms with van der Waals surface area (Å²) in [5.74, 6) is 0. The van der Waals surface area contributed by atoms with E-state index in [9.17, 15) is 0 Å². The Labute approximate surface area is 51.8 Å². The van der Waals surface area contributed by atoms with Crippen molar-refractivity contribution in [3.63, 3.8) is 0 Å². The van der Waals surface area contributed by atoms with Gasteiger partial charge in [-0.15, -0.1) is 0 Å². The van der Waals surface area contributed by atoms with Gasteiger partial charge < -0.3 is 0 Å². The standard InChI is InChI=1S/C6H13Si/c1-7-5-3-2-4-6-7/h2-6H2,1H3/i1D3. The van der Waals surface area contributed by atoms with Gasteiger partial charge in [-0.3, -0.25) is 0 Å². The third-order valence-corrected chi connectivity index (χ3v) is 3.37. The molecule has 0 bridgehead atoms. The summed E-state index contributed by atoms with van der Waals surface area (Å²) in [5, 5.41) is 0. The molecule has 0 aromatic rings. The van der Waals surface area contributed by atoms with Gasteiger partial charge in [0, 0.05) is 12.9 Å². The van der Waals surface area contributed by atoms with Crippen LogP contribution in [0.5, 0.6) is 0 Å². The second-order valence-corrected chi connectivity index (χ2v) is 4.37. The van der Waals surface area contributed by atoms with Crippen LogP contribution in [0.25, 0.3) is 0 Å². The van der Waals surface area contributed by atoms with E-state index in [1.54, 1.807) is 0 Å². The zero-order valence-corrected chi connectivity index (χ0v) is 5.54. The van der Waals surface area contributed by atoms with Crippen LogP contribution < -0.4 is 0 Å². The number of rotatable bonds is 0. The summed E-state index contributed by atoms with van der Waals surface area (Å²) in [6.45, 7) is -1.58. The average molecular weight is 116 g/mol. The van der Waals surface area contributed by atoms with Crippen LogP contribution in [0.4, 0.5) is 0 Å². The van der Waals surface area contributed by atoms with Crippen LogP contribution in [0, 0.1) is 0 Å². The minimum absolute atomic E-state index is 0.964. The molecule has 1 rings (SSSR count). The van der Waals surface area contributed by atoms with E-state index < -0.39 is 15.3 Å². The van der Waals surface area contributed by atoms with Crippen molar-refractivity contribution >= 4 is 8.80 Å². The van der Waals surface area contributed by atoms with E-state index in [2.05, 4.69) is 0 Å². The Morgan fingerprint density at radius 3 is 2.43 bits per heavy atom. The van der Waals surface area contributed by atoms with Gasteiger partial charge in [-0.2, -0.15) is 0 Å². The molecule has 1 heterocycles. The first kappa shape index (κ1) is 2.67. The molecule has 7 heavy (non-hydrogen) atoms. The lowest BCUT2D eigenvalue weighted by atomic mass is 10.3. The number of hydrogen-bond acceptors (Lipinski definition) is 0. The van der Waals surface area contributed by atoms with Crippen LogP contribution in [-0.4, -0.2) is 8.80 Å². The highest BCUT2D eigenvalue weighted by Crippen LogP contribution is 2.17. The Morgan fingerprint density at radius 1 is 1.29 bits per heavy atom. The van der Waals surface area contributed by atoms with Crippen molar-refractivity contribution in [3.8, 4) is 0 Å². The van der Waals surface area contributed by atoms with Crippen molar-refractivity contribution < 1.29 is 4.11 Å². The van der Waals surface area contributed by atoms with Crippen molar-refractivity contribution in [1.29, 1.82) is 0 Å². The van der Waals surface area contributed by atoms with Crippen molar-refractivity contribution in [2.45, 2.75) is 37.8 Å². The van der Waals surface area contributed by atoms with Gasteiger partial charge in [-0.1, -0.05) is 37.8 Å². The Hall–Kier alpha value is 0.217. The van der Waals surface area contributed by atoms with Gasteiger partial charge in [0.15, 0.2) is 0 Å². The first-order chi connectivity index (χ1) is 4.61. The van der Waals surface area contributed by atoms with Crippen molar-refractivity contribution in [3.05, 3.63) is 0 Å². The topological polar surface area (TPSA) is 0 Å². The summed E-state index contributed by atoms with van der Waals surface area (Å²) in [6, 6.07) is 2.03. The molecule has 0 aromatic heterocycles. The molecule has 1 heteroatoms. The fourth-order valence-electron chi connectivity index (χ4n) is 0.979. The molecule has 0 aromatic carbocycles. The maximum atomic E-state index is 7.20. The average Bonchev–Trinajstić information content (AvgIpc) is 1.88. The maximum absolute atomic E-state index is 7.20. The quantitative estimate of drug-likeness (QED) is 0.426. The summed E-state index contributed by atoms with van der Waals surface area (Å²) in [5.41, 5.74) is 0. The predicted octanol–water partition coefficient (Wildman–Crippen LogP) is 2.29. The molecule has 0 aliphatic carbocycles. The molecule has 0 atom stereocenters. The van der Waals surface area contributed by atoms with Crippen LogP contribution in [0.2, 0.25) is 18.6 Å². The largest absolute Gasteiger partial charge is 0.0711 e. The second-order valence-electron chi connectivity index (χ2n) is 2.16. The highest BCUT2D eigenvalue weighted by Gasteiger charge is 2.07. The van der Waals surface area contributed by atoms with Crippen LogP contribution >= 0.6 is 0 Å². The van der Waals surface area contributed by atoms with Gasteiger partial charge in [-0.05, 0) is 0 Å². The summed E-state index contributed by atoms with van der Waals surface area (Å²) >= 11 is 0. The summed E-state index contributed by atoms with van der Waals surface area (Å²) in [6.07, 6.45) is 3.57. The van der Waals surface area contributed by atoms with Gasteiger partial charge in [0.05, 0.1) is 0 Å². The molecule has 0 amide bonds. The Kier molecular flexibility index (Phi) is 0.957. The molecular formula is C6H13Si. The van der Waals surface area contributed by atoms with Crippen LogP contribution in [0.15, 0.2) is 0 Å². The number of hydrogen-bond donors (Lipinski definition) is 0. The van der Waals surface area contributed by atoms with Crippen LogP contribution in [0.1, 0.15) is 23.4 Å². The van der Waals surface area contributed by atoms with Crippen molar-refractivity contribution in [2.75, 3.05) is 0 Å². The molecule has 0 nitrogen and oxygen atoms in total. The first-order valence-corrected chi connectivity index (χ1v) is 4.87. The molecule has 0 spiro atoms. The minimum atomic E-state index is -1.58. The van der Waals surface area contributed by atoms with Crippen LogP contribution in [-0.2, 0) is 0 Å². The molecule has 0 N–H and O–H groups in total. The molecule has 1 fully saturated rings.